The fourth-order valence-electron chi connectivity index (χ4n) is 3.30. The highest BCUT2D eigenvalue weighted by Gasteiger charge is 2.36. The van der Waals surface area contributed by atoms with E-state index < -0.39 is 9.84 Å². The van der Waals surface area contributed by atoms with Gasteiger partial charge in [0, 0.05) is 18.4 Å². The molecule has 2 saturated heterocycles. The Labute approximate surface area is 142 Å². The van der Waals surface area contributed by atoms with Gasteiger partial charge in [0.15, 0.2) is 16.1 Å². The number of sulfone groups is 1. The number of amides is 1. The number of rotatable bonds is 4. The van der Waals surface area contributed by atoms with E-state index in [0.717, 1.165) is 19.3 Å². The third kappa shape index (κ3) is 4.15. The Hall–Kier alpha value is -1.44. The normalized spacial score (nSPS) is 22.7. The number of carbonyl (C=O) groups excluding carboxylic acids is 1. The van der Waals surface area contributed by atoms with Crippen molar-refractivity contribution in [2.24, 2.45) is 0 Å². The molecule has 1 unspecified atom stereocenters. The number of hydrogen-bond acceptors (Lipinski definition) is 5. The van der Waals surface area contributed by atoms with Crippen molar-refractivity contribution in [3.63, 3.8) is 0 Å². The molecule has 0 N–H and O–H groups in total. The number of hydrogen-bond donors (Lipinski definition) is 0. The van der Waals surface area contributed by atoms with Gasteiger partial charge in [0.1, 0.15) is 0 Å². The lowest BCUT2D eigenvalue weighted by Crippen LogP contribution is -2.50. The van der Waals surface area contributed by atoms with Crippen LogP contribution < -0.4 is 0 Å². The molecule has 0 aliphatic carbocycles. The Morgan fingerprint density at radius 2 is 1.83 bits per heavy atom. The van der Waals surface area contributed by atoms with Crippen molar-refractivity contribution in [3.8, 4) is 0 Å². The molecule has 0 saturated carbocycles. The highest BCUT2D eigenvalue weighted by molar-refractivity contribution is 7.89. The molecule has 2 aliphatic heterocycles. The monoisotopic (exact) mass is 353 g/mol. The molecule has 132 valence electrons. The Balaban J connectivity index is 1.74. The summed E-state index contributed by atoms with van der Waals surface area (Å²) >= 11 is 0. The summed E-state index contributed by atoms with van der Waals surface area (Å²) in [7, 11) is -3.08. The Bertz CT molecular complexity index is 679. The van der Waals surface area contributed by atoms with Crippen LogP contribution in [0.15, 0.2) is 24.3 Å². The highest BCUT2D eigenvalue weighted by Crippen LogP contribution is 2.26. The Kier molecular flexibility index (Phi) is 5.22. The molecular weight excluding hydrogens is 330 g/mol. The first-order valence-corrected chi connectivity index (χ1v) is 10.3. The van der Waals surface area contributed by atoms with Gasteiger partial charge in [0.05, 0.1) is 25.0 Å². The maximum Gasteiger partial charge on any atom is 0.254 e. The summed E-state index contributed by atoms with van der Waals surface area (Å²) in [4.78, 5) is 14.7. The van der Waals surface area contributed by atoms with Gasteiger partial charge in [-0.25, -0.2) is 8.42 Å². The predicted octanol–water partition coefficient (Wildman–Crippen LogP) is 1.60. The third-order valence-electron chi connectivity index (χ3n) is 4.40. The van der Waals surface area contributed by atoms with Gasteiger partial charge in [-0.15, -0.1) is 0 Å². The van der Waals surface area contributed by atoms with Crippen LogP contribution >= 0.6 is 0 Å². The molecule has 0 spiro atoms. The second-order valence-electron chi connectivity index (χ2n) is 6.44. The molecule has 1 amide bonds. The van der Waals surface area contributed by atoms with Gasteiger partial charge >= 0.3 is 0 Å². The number of likely N-dealkylation sites (tertiary alicyclic amines) is 1. The summed E-state index contributed by atoms with van der Waals surface area (Å²) in [5.41, 5.74) is 1.25. The van der Waals surface area contributed by atoms with Gasteiger partial charge < -0.3 is 14.4 Å². The van der Waals surface area contributed by atoms with Crippen molar-refractivity contribution in [2.75, 3.05) is 26.0 Å². The highest BCUT2D eigenvalue weighted by atomic mass is 32.2. The van der Waals surface area contributed by atoms with Gasteiger partial charge in [0.2, 0.25) is 0 Å². The zero-order chi connectivity index (χ0) is 17.2. The van der Waals surface area contributed by atoms with Crippen molar-refractivity contribution in [3.05, 3.63) is 35.4 Å². The van der Waals surface area contributed by atoms with Crippen molar-refractivity contribution in [1.82, 2.24) is 4.90 Å². The van der Waals surface area contributed by atoms with E-state index >= 15 is 0 Å². The molecule has 2 fully saturated rings. The van der Waals surface area contributed by atoms with Crippen LogP contribution in [0.2, 0.25) is 0 Å². The predicted molar refractivity (Wildman–Crippen MR) is 89.4 cm³/mol. The third-order valence-corrected chi connectivity index (χ3v) is 5.26. The van der Waals surface area contributed by atoms with E-state index in [-0.39, 0.29) is 24.0 Å². The van der Waals surface area contributed by atoms with Crippen LogP contribution in [-0.4, -0.2) is 57.6 Å². The number of carbonyl (C=O) groups is 1. The summed E-state index contributed by atoms with van der Waals surface area (Å²) in [5, 5.41) is 0. The van der Waals surface area contributed by atoms with E-state index in [9.17, 15) is 13.2 Å². The van der Waals surface area contributed by atoms with E-state index in [1.54, 1.807) is 24.3 Å². The molecule has 24 heavy (non-hydrogen) atoms. The first-order chi connectivity index (χ1) is 11.4. The van der Waals surface area contributed by atoms with Crippen LogP contribution in [0.4, 0.5) is 0 Å². The van der Waals surface area contributed by atoms with E-state index in [2.05, 4.69) is 0 Å². The summed E-state index contributed by atoms with van der Waals surface area (Å²) in [6.45, 7) is 1.84. The van der Waals surface area contributed by atoms with Crippen molar-refractivity contribution in [1.29, 1.82) is 0 Å². The first-order valence-electron chi connectivity index (χ1n) is 8.25. The van der Waals surface area contributed by atoms with E-state index in [1.165, 1.54) is 6.26 Å². The molecule has 2 aliphatic rings. The smallest absolute Gasteiger partial charge is 0.254 e. The number of benzene rings is 1. The van der Waals surface area contributed by atoms with Gasteiger partial charge in [-0.2, -0.15) is 0 Å². The van der Waals surface area contributed by atoms with Gasteiger partial charge in [-0.05, 0) is 37.0 Å². The van der Waals surface area contributed by atoms with Crippen molar-refractivity contribution < 1.29 is 22.7 Å². The van der Waals surface area contributed by atoms with Crippen LogP contribution in [0.3, 0.4) is 0 Å². The first kappa shape index (κ1) is 17.4. The molecule has 0 radical (unpaired) electrons. The summed E-state index contributed by atoms with van der Waals surface area (Å²) in [6.07, 6.45) is 3.78. The summed E-state index contributed by atoms with van der Waals surface area (Å²) < 4.78 is 33.9. The van der Waals surface area contributed by atoms with E-state index in [1.807, 2.05) is 4.90 Å². The van der Waals surface area contributed by atoms with Crippen LogP contribution in [0.5, 0.6) is 0 Å². The molecule has 1 atom stereocenters. The molecule has 7 heteroatoms. The maximum atomic E-state index is 12.9. The number of piperidine rings is 1. The fourth-order valence-corrected chi connectivity index (χ4v) is 4.10. The Morgan fingerprint density at radius 3 is 2.46 bits per heavy atom. The van der Waals surface area contributed by atoms with Crippen LogP contribution in [-0.2, 0) is 25.1 Å². The van der Waals surface area contributed by atoms with Gasteiger partial charge in [-0.1, -0.05) is 12.1 Å². The topological polar surface area (TPSA) is 72.9 Å². The summed E-state index contributed by atoms with van der Waals surface area (Å²) in [6, 6.07) is 6.76. The molecule has 0 aromatic heterocycles. The molecule has 1 aromatic rings. The lowest BCUT2D eigenvalue weighted by Gasteiger charge is -2.38. The minimum absolute atomic E-state index is 0.0163. The lowest BCUT2D eigenvalue weighted by atomic mass is 10.00. The molecule has 3 rings (SSSR count). The van der Waals surface area contributed by atoms with Crippen molar-refractivity contribution >= 4 is 15.7 Å². The molecule has 2 heterocycles. The van der Waals surface area contributed by atoms with Crippen LogP contribution in [0, 0.1) is 0 Å². The average molecular weight is 353 g/mol. The van der Waals surface area contributed by atoms with Gasteiger partial charge in [0.25, 0.3) is 5.91 Å². The SMILES string of the molecule is CS(=O)(=O)Cc1ccc(C(=O)N2CCCCC2C2OCCO2)cc1. The number of nitrogens with zero attached hydrogens (tertiary/aromatic N) is 1. The quantitative estimate of drug-likeness (QED) is 0.822. The minimum Gasteiger partial charge on any atom is -0.348 e. The molecule has 1 aromatic carbocycles. The largest absolute Gasteiger partial charge is 0.348 e. The minimum atomic E-state index is -3.08. The van der Waals surface area contributed by atoms with E-state index in [0.29, 0.717) is 30.9 Å². The average Bonchev–Trinajstić information content (AvgIpc) is 3.08. The van der Waals surface area contributed by atoms with Crippen LogP contribution in [0.25, 0.3) is 0 Å². The second-order valence-corrected chi connectivity index (χ2v) is 8.58. The van der Waals surface area contributed by atoms with Crippen LogP contribution in [0.1, 0.15) is 35.2 Å². The van der Waals surface area contributed by atoms with Gasteiger partial charge in [-0.3, -0.25) is 4.79 Å². The lowest BCUT2D eigenvalue weighted by molar-refractivity contribution is -0.100. The zero-order valence-electron chi connectivity index (χ0n) is 13.8. The number of ether oxygens (including phenoxy) is 2. The molecule has 0 bridgehead atoms. The van der Waals surface area contributed by atoms with Crippen molar-refractivity contribution in [2.45, 2.75) is 37.3 Å². The fraction of sp³-hybridized carbons (Fsp3) is 0.588. The van der Waals surface area contributed by atoms with E-state index in [4.69, 9.17) is 9.47 Å². The second kappa shape index (κ2) is 7.21. The standard InChI is InChI=1S/C17H23NO5S/c1-24(20,21)12-13-5-7-14(8-6-13)16(19)18-9-3-2-4-15(18)17-22-10-11-23-17/h5-8,15,17H,2-4,9-12H2,1H3. The molecular formula is C17H23NO5S. The Morgan fingerprint density at radius 1 is 1.17 bits per heavy atom. The zero-order valence-corrected chi connectivity index (χ0v) is 14.6. The molecule has 6 nitrogen and oxygen atoms in total. The maximum absolute atomic E-state index is 12.9. The summed E-state index contributed by atoms with van der Waals surface area (Å²) in [5.74, 6) is -0.0675.